The summed E-state index contributed by atoms with van der Waals surface area (Å²) in [6, 6.07) is 11.8. The topological polar surface area (TPSA) is 78.5 Å². The molecule has 6 heteroatoms. The SMILES string of the molecule is Cc1cc(N2CCN(CC(O)c3ccccc3)CC2)nc(N)n1. The van der Waals surface area contributed by atoms with Gasteiger partial charge in [-0.15, -0.1) is 0 Å². The lowest BCUT2D eigenvalue weighted by Crippen LogP contribution is -2.47. The minimum absolute atomic E-state index is 0.321. The predicted molar refractivity (Wildman–Crippen MR) is 91.2 cm³/mol. The van der Waals surface area contributed by atoms with Crippen molar-refractivity contribution in [1.29, 1.82) is 0 Å². The van der Waals surface area contributed by atoms with Gasteiger partial charge in [0.1, 0.15) is 5.82 Å². The number of aromatic nitrogens is 2. The fourth-order valence-electron chi connectivity index (χ4n) is 2.92. The van der Waals surface area contributed by atoms with Gasteiger partial charge in [0, 0.05) is 44.5 Å². The van der Waals surface area contributed by atoms with Crippen LogP contribution in [0.2, 0.25) is 0 Å². The minimum Gasteiger partial charge on any atom is -0.387 e. The highest BCUT2D eigenvalue weighted by molar-refractivity contribution is 5.43. The third-order valence-corrected chi connectivity index (χ3v) is 4.17. The van der Waals surface area contributed by atoms with Crippen molar-refractivity contribution in [3.8, 4) is 0 Å². The summed E-state index contributed by atoms with van der Waals surface area (Å²) >= 11 is 0. The Morgan fingerprint density at radius 3 is 2.48 bits per heavy atom. The Morgan fingerprint density at radius 1 is 1.13 bits per heavy atom. The van der Waals surface area contributed by atoms with E-state index in [2.05, 4.69) is 19.8 Å². The van der Waals surface area contributed by atoms with Crippen LogP contribution >= 0.6 is 0 Å². The highest BCUT2D eigenvalue weighted by Gasteiger charge is 2.21. The summed E-state index contributed by atoms with van der Waals surface area (Å²) in [7, 11) is 0. The molecule has 0 saturated carbocycles. The highest BCUT2D eigenvalue weighted by Crippen LogP contribution is 2.18. The van der Waals surface area contributed by atoms with E-state index in [1.807, 2.05) is 43.3 Å². The molecule has 3 rings (SSSR count). The molecule has 1 aromatic heterocycles. The number of β-amino-alcohol motifs (C(OH)–C–C–N with tert-alkyl or cyclic N) is 1. The molecule has 0 amide bonds. The molecule has 0 bridgehead atoms. The molecule has 1 atom stereocenters. The second-order valence-electron chi connectivity index (χ2n) is 5.94. The fourth-order valence-corrected chi connectivity index (χ4v) is 2.92. The molecule has 1 aliphatic rings. The van der Waals surface area contributed by atoms with Gasteiger partial charge < -0.3 is 15.7 Å². The first-order chi connectivity index (χ1) is 11.1. The van der Waals surface area contributed by atoms with Gasteiger partial charge in [-0.2, -0.15) is 4.98 Å². The van der Waals surface area contributed by atoms with Crippen molar-refractivity contribution in [3.05, 3.63) is 47.7 Å². The summed E-state index contributed by atoms with van der Waals surface area (Å²) in [5.74, 6) is 1.21. The molecule has 1 aromatic carbocycles. The summed E-state index contributed by atoms with van der Waals surface area (Å²) in [5.41, 5.74) is 7.58. The molecule has 23 heavy (non-hydrogen) atoms. The molecule has 122 valence electrons. The molecule has 0 radical (unpaired) electrons. The molecule has 0 aliphatic carbocycles. The van der Waals surface area contributed by atoms with Crippen molar-refractivity contribution in [2.24, 2.45) is 0 Å². The Bertz CT molecular complexity index is 620. The van der Waals surface area contributed by atoms with E-state index in [4.69, 9.17) is 5.73 Å². The van der Waals surface area contributed by atoms with E-state index in [0.29, 0.717) is 12.5 Å². The number of nitrogens with zero attached hydrogens (tertiary/aromatic N) is 4. The molecule has 6 nitrogen and oxygen atoms in total. The summed E-state index contributed by atoms with van der Waals surface area (Å²) in [5, 5.41) is 10.3. The maximum Gasteiger partial charge on any atom is 0.222 e. The number of nitrogens with two attached hydrogens (primary N) is 1. The zero-order chi connectivity index (χ0) is 16.2. The number of hydrogen-bond acceptors (Lipinski definition) is 6. The summed E-state index contributed by atoms with van der Waals surface area (Å²) in [6.45, 7) is 6.12. The molecule has 2 heterocycles. The first kappa shape index (κ1) is 15.7. The van der Waals surface area contributed by atoms with Gasteiger partial charge in [-0.3, -0.25) is 4.90 Å². The molecular formula is C17H23N5O. The number of piperazine rings is 1. The number of hydrogen-bond donors (Lipinski definition) is 2. The van der Waals surface area contributed by atoms with Gasteiger partial charge in [0.25, 0.3) is 0 Å². The van der Waals surface area contributed by atoms with Crippen LogP contribution in [0.4, 0.5) is 11.8 Å². The van der Waals surface area contributed by atoms with Crippen LogP contribution in [0.3, 0.4) is 0 Å². The van der Waals surface area contributed by atoms with Crippen LogP contribution in [0.15, 0.2) is 36.4 Å². The number of benzene rings is 1. The number of aryl methyl sites for hydroxylation is 1. The molecular weight excluding hydrogens is 290 g/mol. The van der Waals surface area contributed by atoms with E-state index in [1.54, 1.807) is 0 Å². The fraction of sp³-hybridized carbons (Fsp3) is 0.412. The van der Waals surface area contributed by atoms with Crippen LogP contribution in [0.1, 0.15) is 17.4 Å². The standard InChI is InChI=1S/C17H23N5O/c1-13-11-16(20-17(18)19-13)22-9-7-21(8-10-22)12-15(23)14-5-3-2-4-6-14/h2-6,11,15,23H,7-10,12H2,1H3,(H2,18,19,20). The minimum atomic E-state index is -0.445. The number of anilines is 2. The van der Waals surface area contributed by atoms with E-state index in [0.717, 1.165) is 43.3 Å². The second-order valence-corrected chi connectivity index (χ2v) is 5.94. The van der Waals surface area contributed by atoms with Crippen molar-refractivity contribution < 1.29 is 5.11 Å². The number of aliphatic hydroxyl groups is 1. The van der Waals surface area contributed by atoms with Crippen molar-refractivity contribution >= 4 is 11.8 Å². The predicted octanol–water partition coefficient (Wildman–Crippen LogP) is 1.22. The lowest BCUT2D eigenvalue weighted by molar-refractivity contribution is 0.109. The number of aliphatic hydroxyl groups excluding tert-OH is 1. The van der Waals surface area contributed by atoms with Gasteiger partial charge in [-0.25, -0.2) is 4.98 Å². The summed E-state index contributed by atoms with van der Waals surface area (Å²) in [4.78, 5) is 12.9. The van der Waals surface area contributed by atoms with Gasteiger partial charge in [0.05, 0.1) is 6.10 Å². The zero-order valence-electron chi connectivity index (χ0n) is 13.4. The first-order valence-corrected chi connectivity index (χ1v) is 7.93. The maximum absolute atomic E-state index is 10.3. The largest absolute Gasteiger partial charge is 0.387 e. The van der Waals surface area contributed by atoms with Gasteiger partial charge >= 0.3 is 0 Å². The van der Waals surface area contributed by atoms with E-state index in [-0.39, 0.29) is 0 Å². The van der Waals surface area contributed by atoms with Gasteiger partial charge in [0.2, 0.25) is 5.95 Å². The van der Waals surface area contributed by atoms with Crippen LogP contribution in [-0.2, 0) is 0 Å². The smallest absolute Gasteiger partial charge is 0.222 e. The molecule has 3 N–H and O–H groups in total. The van der Waals surface area contributed by atoms with Crippen LogP contribution in [-0.4, -0.2) is 52.7 Å². The Balaban J connectivity index is 1.56. The lowest BCUT2D eigenvalue weighted by atomic mass is 10.1. The maximum atomic E-state index is 10.3. The lowest BCUT2D eigenvalue weighted by Gasteiger charge is -2.36. The number of rotatable bonds is 4. The Labute approximate surface area is 136 Å². The van der Waals surface area contributed by atoms with E-state index >= 15 is 0 Å². The first-order valence-electron chi connectivity index (χ1n) is 7.93. The van der Waals surface area contributed by atoms with Gasteiger partial charge in [-0.05, 0) is 12.5 Å². The third-order valence-electron chi connectivity index (χ3n) is 4.17. The van der Waals surface area contributed by atoms with Crippen molar-refractivity contribution in [3.63, 3.8) is 0 Å². The average Bonchev–Trinajstić information content (AvgIpc) is 2.55. The summed E-state index contributed by atoms with van der Waals surface area (Å²) in [6.07, 6.45) is -0.445. The van der Waals surface area contributed by atoms with Crippen molar-refractivity contribution in [2.75, 3.05) is 43.4 Å². The van der Waals surface area contributed by atoms with Crippen LogP contribution < -0.4 is 10.6 Å². The van der Waals surface area contributed by atoms with Crippen molar-refractivity contribution in [2.45, 2.75) is 13.0 Å². The van der Waals surface area contributed by atoms with E-state index in [9.17, 15) is 5.11 Å². The Morgan fingerprint density at radius 2 is 1.83 bits per heavy atom. The van der Waals surface area contributed by atoms with E-state index in [1.165, 1.54) is 0 Å². The normalized spacial score (nSPS) is 17.2. The molecule has 1 fully saturated rings. The summed E-state index contributed by atoms with van der Waals surface area (Å²) < 4.78 is 0. The zero-order valence-corrected chi connectivity index (χ0v) is 13.4. The van der Waals surface area contributed by atoms with E-state index < -0.39 is 6.10 Å². The Hall–Kier alpha value is -2.18. The molecule has 1 aliphatic heterocycles. The molecule has 2 aromatic rings. The van der Waals surface area contributed by atoms with Crippen LogP contribution in [0.5, 0.6) is 0 Å². The molecule has 1 saturated heterocycles. The average molecular weight is 313 g/mol. The third kappa shape index (κ3) is 3.97. The second kappa shape index (κ2) is 6.93. The van der Waals surface area contributed by atoms with Gasteiger partial charge in [0.15, 0.2) is 0 Å². The van der Waals surface area contributed by atoms with Crippen LogP contribution in [0, 0.1) is 6.92 Å². The number of nitrogen functional groups attached to an aromatic ring is 1. The molecule has 0 spiro atoms. The van der Waals surface area contributed by atoms with Crippen LogP contribution in [0.25, 0.3) is 0 Å². The van der Waals surface area contributed by atoms with Gasteiger partial charge in [-0.1, -0.05) is 30.3 Å². The monoisotopic (exact) mass is 313 g/mol. The molecule has 1 unspecified atom stereocenters. The van der Waals surface area contributed by atoms with Crippen molar-refractivity contribution in [1.82, 2.24) is 14.9 Å². The Kier molecular flexibility index (Phi) is 4.73. The quantitative estimate of drug-likeness (QED) is 0.884. The highest BCUT2D eigenvalue weighted by atomic mass is 16.3.